The summed E-state index contributed by atoms with van der Waals surface area (Å²) in [6.45, 7) is 0.462. The summed E-state index contributed by atoms with van der Waals surface area (Å²) >= 11 is 0. The molecule has 0 aliphatic heterocycles. The molecule has 3 rings (SSSR count). The molecule has 0 aromatic heterocycles. The maximum Gasteiger partial charge on any atom is 0.298 e. The third-order valence-electron chi connectivity index (χ3n) is 2.88. The smallest absolute Gasteiger partial charge is 0.298 e. The van der Waals surface area contributed by atoms with E-state index in [1.807, 2.05) is 36.4 Å². The van der Waals surface area contributed by atoms with Gasteiger partial charge in [-0.05, 0) is 34.4 Å². The molecule has 0 fully saturated rings. The summed E-state index contributed by atoms with van der Waals surface area (Å²) in [6.07, 6.45) is 0. The Kier molecular flexibility index (Phi) is 2.26. The van der Waals surface area contributed by atoms with Gasteiger partial charge in [0.05, 0.1) is 0 Å². The van der Waals surface area contributed by atoms with Crippen molar-refractivity contribution in [3.05, 3.63) is 54.6 Å². The Hall–Kier alpha value is -2.35. The van der Waals surface area contributed by atoms with E-state index in [9.17, 15) is 4.79 Å². The predicted molar refractivity (Wildman–Crippen MR) is 68.1 cm³/mol. The van der Waals surface area contributed by atoms with Crippen molar-refractivity contribution in [2.75, 3.05) is 0 Å². The Balaban J connectivity index is 2.39. The van der Waals surface area contributed by atoms with E-state index >= 15 is 0 Å². The van der Waals surface area contributed by atoms with Crippen LogP contribution in [0.3, 0.4) is 0 Å². The maximum atomic E-state index is 10.5. The fourth-order valence-electron chi connectivity index (χ4n) is 2.09. The highest BCUT2D eigenvalue weighted by Gasteiger charge is 2.03. The number of ether oxygens (including phenoxy) is 1. The summed E-state index contributed by atoms with van der Waals surface area (Å²) in [5.41, 5.74) is 0. The number of hydrogen-bond donors (Lipinski definition) is 0. The Morgan fingerprint density at radius 1 is 0.824 bits per heavy atom. The second-order valence-electron chi connectivity index (χ2n) is 3.89. The van der Waals surface area contributed by atoms with Gasteiger partial charge in [0.25, 0.3) is 6.47 Å². The highest BCUT2D eigenvalue weighted by atomic mass is 16.5. The molecule has 0 unspecified atom stereocenters. The van der Waals surface area contributed by atoms with E-state index in [2.05, 4.69) is 12.1 Å². The summed E-state index contributed by atoms with van der Waals surface area (Å²) in [6, 6.07) is 18.0. The highest BCUT2D eigenvalue weighted by molar-refractivity contribution is 6.01. The molecule has 0 aliphatic carbocycles. The molecule has 0 bridgehead atoms. The van der Waals surface area contributed by atoms with Gasteiger partial charge in [0, 0.05) is 5.39 Å². The van der Waals surface area contributed by atoms with Crippen LogP contribution in [-0.2, 0) is 4.79 Å². The van der Waals surface area contributed by atoms with Crippen LogP contribution in [0.5, 0.6) is 5.75 Å². The average Bonchev–Trinajstić information content (AvgIpc) is 2.37. The van der Waals surface area contributed by atoms with Crippen LogP contribution in [0.4, 0.5) is 0 Å². The molecule has 0 saturated heterocycles. The molecular formula is C15H10O2. The second kappa shape index (κ2) is 3.91. The first-order valence-corrected chi connectivity index (χ1v) is 5.40. The predicted octanol–water partition coefficient (Wildman–Crippen LogP) is 3.53. The van der Waals surface area contributed by atoms with Crippen molar-refractivity contribution in [2.24, 2.45) is 0 Å². The van der Waals surface area contributed by atoms with Gasteiger partial charge in [-0.3, -0.25) is 4.79 Å². The molecule has 3 aromatic carbocycles. The Morgan fingerprint density at radius 2 is 1.53 bits per heavy atom. The fraction of sp³-hybridized carbons (Fsp3) is 0. The summed E-state index contributed by atoms with van der Waals surface area (Å²) in [5, 5.41) is 4.35. The average molecular weight is 222 g/mol. The van der Waals surface area contributed by atoms with Crippen molar-refractivity contribution >= 4 is 28.0 Å². The summed E-state index contributed by atoms with van der Waals surface area (Å²) in [7, 11) is 0. The molecule has 0 radical (unpaired) electrons. The zero-order valence-electron chi connectivity index (χ0n) is 9.09. The van der Waals surface area contributed by atoms with Gasteiger partial charge in [-0.15, -0.1) is 0 Å². The SMILES string of the molecule is O=COc1cccc2cc3ccccc3cc12. The lowest BCUT2D eigenvalue weighted by Crippen LogP contribution is -1.89. The van der Waals surface area contributed by atoms with E-state index in [1.165, 1.54) is 5.39 Å². The largest absolute Gasteiger partial charge is 0.428 e. The lowest BCUT2D eigenvalue weighted by Gasteiger charge is -2.06. The number of rotatable bonds is 2. The number of carbonyl (C=O) groups excluding carboxylic acids is 1. The number of benzene rings is 3. The van der Waals surface area contributed by atoms with Crippen LogP contribution in [-0.4, -0.2) is 6.47 Å². The normalized spacial score (nSPS) is 10.6. The van der Waals surface area contributed by atoms with E-state index in [0.717, 1.165) is 16.2 Å². The third-order valence-corrected chi connectivity index (χ3v) is 2.88. The van der Waals surface area contributed by atoms with Crippen molar-refractivity contribution in [1.82, 2.24) is 0 Å². The Morgan fingerprint density at radius 3 is 2.29 bits per heavy atom. The van der Waals surface area contributed by atoms with Crippen LogP contribution >= 0.6 is 0 Å². The zero-order chi connectivity index (χ0) is 11.7. The van der Waals surface area contributed by atoms with E-state index in [-0.39, 0.29) is 0 Å². The molecule has 0 spiro atoms. The minimum atomic E-state index is 0.462. The van der Waals surface area contributed by atoms with E-state index in [4.69, 9.17) is 4.74 Å². The molecule has 0 saturated carbocycles. The maximum absolute atomic E-state index is 10.5. The molecule has 3 aromatic rings. The van der Waals surface area contributed by atoms with Crippen LogP contribution in [0, 0.1) is 0 Å². The number of hydrogen-bond acceptors (Lipinski definition) is 2. The molecule has 0 atom stereocenters. The van der Waals surface area contributed by atoms with Crippen LogP contribution in [0.25, 0.3) is 21.5 Å². The van der Waals surface area contributed by atoms with Crippen molar-refractivity contribution < 1.29 is 9.53 Å². The second-order valence-corrected chi connectivity index (χ2v) is 3.89. The summed E-state index contributed by atoms with van der Waals surface area (Å²) < 4.78 is 4.99. The van der Waals surface area contributed by atoms with Crippen LogP contribution in [0.15, 0.2) is 54.6 Å². The van der Waals surface area contributed by atoms with Crippen LogP contribution in [0.2, 0.25) is 0 Å². The first kappa shape index (κ1) is 9.85. The molecule has 2 nitrogen and oxygen atoms in total. The van der Waals surface area contributed by atoms with Gasteiger partial charge < -0.3 is 4.74 Å². The standard InChI is InChI=1S/C15H10O2/c16-10-17-15-7-3-6-13-8-11-4-1-2-5-12(11)9-14(13)15/h1-10H. The molecule has 0 N–H and O–H groups in total. The quantitative estimate of drug-likeness (QED) is 0.489. The molecule has 82 valence electrons. The molecule has 0 aliphatic rings. The lowest BCUT2D eigenvalue weighted by atomic mass is 10.0. The number of carbonyl (C=O) groups is 1. The van der Waals surface area contributed by atoms with Crippen molar-refractivity contribution in [1.29, 1.82) is 0 Å². The molecule has 0 amide bonds. The zero-order valence-corrected chi connectivity index (χ0v) is 9.09. The minimum absolute atomic E-state index is 0.462. The lowest BCUT2D eigenvalue weighted by molar-refractivity contribution is -0.120. The van der Waals surface area contributed by atoms with Gasteiger partial charge >= 0.3 is 0 Å². The first-order valence-electron chi connectivity index (χ1n) is 5.40. The fourth-order valence-corrected chi connectivity index (χ4v) is 2.09. The van der Waals surface area contributed by atoms with Gasteiger partial charge in [-0.25, -0.2) is 0 Å². The van der Waals surface area contributed by atoms with Crippen molar-refractivity contribution in [3.8, 4) is 5.75 Å². The summed E-state index contributed by atoms with van der Waals surface area (Å²) in [4.78, 5) is 10.5. The molecule has 0 heterocycles. The Labute approximate surface area is 98.4 Å². The topological polar surface area (TPSA) is 26.3 Å². The van der Waals surface area contributed by atoms with Crippen molar-refractivity contribution in [2.45, 2.75) is 0 Å². The van der Waals surface area contributed by atoms with Gasteiger partial charge in [-0.1, -0.05) is 36.4 Å². The summed E-state index contributed by atoms with van der Waals surface area (Å²) in [5.74, 6) is 0.600. The van der Waals surface area contributed by atoms with Gasteiger partial charge in [0.15, 0.2) is 0 Å². The van der Waals surface area contributed by atoms with Gasteiger partial charge in [0.2, 0.25) is 0 Å². The van der Waals surface area contributed by atoms with Gasteiger partial charge in [0.1, 0.15) is 5.75 Å². The first-order chi connectivity index (χ1) is 8.38. The third kappa shape index (κ3) is 1.64. The number of fused-ring (bicyclic) bond motifs is 2. The van der Waals surface area contributed by atoms with Gasteiger partial charge in [-0.2, -0.15) is 0 Å². The van der Waals surface area contributed by atoms with Crippen molar-refractivity contribution in [3.63, 3.8) is 0 Å². The van der Waals surface area contributed by atoms with E-state index in [1.54, 1.807) is 6.07 Å². The van der Waals surface area contributed by atoms with E-state index < -0.39 is 0 Å². The molecule has 2 heteroatoms. The minimum Gasteiger partial charge on any atom is -0.428 e. The van der Waals surface area contributed by atoms with Crippen LogP contribution in [0.1, 0.15) is 0 Å². The molecule has 17 heavy (non-hydrogen) atoms. The molecular weight excluding hydrogens is 212 g/mol. The van der Waals surface area contributed by atoms with Crippen LogP contribution < -0.4 is 4.74 Å². The highest BCUT2D eigenvalue weighted by Crippen LogP contribution is 2.29. The monoisotopic (exact) mass is 222 g/mol. The Bertz CT molecular complexity index is 701. The van der Waals surface area contributed by atoms with E-state index in [0.29, 0.717) is 12.2 Å².